The minimum absolute atomic E-state index is 0.0479. The largest absolute Gasteiger partial charge is 0.493 e. The van der Waals surface area contributed by atoms with Crippen LogP contribution >= 0.6 is 0 Å². The van der Waals surface area contributed by atoms with E-state index >= 15 is 0 Å². The van der Waals surface area contributed by atoms with Gasteiger partial charge in [-0.05, 0) is 45.7 Å². The Kier molecular flexibility index (Phi) is 24.9. The molecule has 0 bridgehead atoms. The average molecular weight is 1130 g/mol. The number of aliphatic imine (C=N–C) groups is 2. The van der Waals surface area contributed by atoms with Gasteiger partial charge in [-0.2, -0.15) is 0 Å². The van der Waals surface area contributed by atoms with E-state index in [4.69, 9.17) is 71.8 Å². The quantitative estimate of drug-likeness (QED) is 0.0458. The summed E-state index contributed by atoms with van der Waals surface area (Å²) in [4.78, 5) is 72.2. The number of aromatic nitrogens is 1. The van der Waals surface area contributed by atoms with Crippen molar-refractivity contribution < 1.29 is 76.0 Å². The Morgan fingerprint density at radius 1 is 0.556 bits per heavy atom. The molecule has 0 saturated carbocycles. The predicted octanol–water partition coefficient (Wildman–Crippen LogP) is 6.33. The molecule has 2 fully saturated rings. The molecule has 1 aromatic heterocycles. The number of hydrogen-bond donors (Lipinski definition) is 0. The van der Waals surface area contributed by atoms with Crippen LogP contribution in [0.2, 0.25) is 0 Å². The fraction of sp³-hybridized carbons (Fsp3) is 0.542. The van der Waals surface area contributed by atoms with Crippen LogP contribution in [-0.2, 0) is 56.0 Å². The predicted molar refractivity (Wildman–Crippen MR) is 300 cm³/mol. The molecule has 440 valence electrons. The fourth-order valence-electron chi connectivity index (χ4n) is 9.25. The summed E-state index contributed by atoms with van der Waals surface area (Å²) in [5.74, 6) is 1.48. The van der Waals surface area contributed by atoms with Gasteiger partial charge in [0.2, 0.25) is 5.91 Å². The van der Waals surface area contributed by atoms with Crippen molar-refractivity contribution >= 4 is 47.3 Å². The van der Waals surface area contributed by atoms with Crippen molar-refractivity contribution in [2.75, 3.05) is 140 Å². The third-order valence-electron chi connectivity index (χ3n) is 13.7. The minimum atomic E-state index is -0.154. The number of amides is 3. The van der Waals surface area contributed by atoms with Crippen LogP contribution in [0.3, 0.4) is 0 Å². The molecule has 2 aromatic carbocycles. The highest BCUT2D eigenvalue weighted by Crippen LogP contribution is 2.41. The molecule has 5 heterocycles. The lowest BCUT2D eigenvalue weighted by Gasteiger charge is -2.23. The summed E-state index contributed by atoms with van der Waals surface area (Å²) in [5.41, 5.74) is 5.06. The molecule has 0 radical (unpaired) electrons. The smallest absolute Gasteiger partial charge is 0.257 e. The highest BCUT2D eigenvalue weighted by atomic mass is 16.6. The maximum absolute atomic E-state index is 13.8. The minimum Gasteiger partial charge on any atom is -0.493 e. The number of ketones is 1. The molecule has 2 saturated heterocycles. The van der Waals surface area contributed by atoms with Gasteiger partial charge in [0, 0.05) is 69.9 Å². The van der Waals surface area contributed by atoms with Crippen LogP contribution in [0.25, 0.3) is 0 Å². The number of fused-ring (bicyclic) bond motifs is 4. The van der Waals surface area contributed by atoms with Crippen molar-refractivity contribution in [3.63, 3.8) is 0 Å². The van der Waals surface area contributed by atoms with Crippen molar-refractivity contribution in [2.45, 2.75) is 71.8 Å². The normalized spacial score (nSPS) is 17.2. The number of allylic oxidation sites excluding steroid dienone is 2. The van der Waals surface area contributed by atoms with E-state index in [9.17, 15) is 19.2 Å². The van der Waals surface area contributed by atoms with Crippen molar-refractivity contribution in [2.24, 2.45) is 9.98 Å². The van der Waals surface area contributed by atoms with Gasteiger partial charge in [0.15, 0.2) is 23.0 Å². The molecular formula is C59H78N6O16. The molecule has 4 aliphatic heterocycles. The van der Waals surface area contributed by atoms with E-state index in [1.807, 2.05) is 48.2 Å². The van der Waals surface area contributed by atoms with E-state index in [0.717, 1.165) is 12.8 Å². The Labute approximate surface area is 474 Å². The first-order valence-electron chi connectivity index (χ1n) is 27.6. The molecule has 3 amide bonds. The van der Waals surface area contributed by atoms with E-state index in [0.29, 0.717) is 155 Å². The first-order valence-corrected chi connectivity index (χ1v) is 27.6. The van der Waals surface area contributed by atoms with Gasteiger partial charge in [-0.3, -0.25) is 34.1 Å². The molecule has 7 rings (SSSR count). The lowest BCUT2D eigenvalue weighted by Crippen LogP contribution is -2.38. The summed E-state index contributed by atoms with van der Waals surface area (Å²) in [6.45, 7) is 11.7. The maximum Gasteiger partial charge on any atom is 0.257 e. The molecular weight excluding hydrogens is 1050 g/mol. The second kappa shape index (κ2) is 32.6. The molecule has 22 heteroatoms. The monoisotopic (exact) mass is 1130 g/mol. The maximum atomic E-state index is 13.8. The zero-order valence-electron chi connectivity index (χ0n) is 47.6. The number of ether oxygens (including phenoxy) is 12. The molecule has 0 unspecified atom stereocenters. The molecule has 0 spiro atoms. The van der Waals surface area contributed by atoms with E-state index in [1.165, 1.54) is 32.3 Å². The number of methoxy groups -OCH3 is 3. The lowest BCUT2D eigenvalue weighted by molar-refractivity contribution is -0.133. The summed E-state index contributed by atoms with van der Waals surface area (Å²) < 4.78 is 69.4. The topological polar surface area (TPSA) is 226 Å². The number of rotatable bonds is 36. The number of benzene rings is 2. The summed E-state index contributed by atoms with van der Waals surface area (Å²) in [7, 11) is 4.64. The van der Waals surface area contributed by atoms with Gasteiger partial charge >= 0.3 is 0 Å². The van der Waals surface area contributed by atoms with Crippen LogP contribution in [0.5, 0.6) is 28.7 Å². The number of carbonyl (C=O) groups excluding carboxylic acids is 4. The number of hydrogen-bond acceptors (Lipinski definition) is 19. The van der Waals surface area contributed by atoms with Crippen LogP contribution in [-0.4, -0.2) is 208 Å². The van der Waals surface area contributed by atoms with Crippen LogP contribution < -0.4 is 23.7 Å². The van der Waals surface area contributed by atoms with Gasteiger partial charge in [0.25, 0.3) is 11.8 Å². The Morgan fingerprint density at radius 2 is 1.00 bits per heavy atom. The van der Waals surface area contributed by atoms with Crippen molar-refractivity contribution in [1.82, 2.24) is 19.7 Å². The van der Waals surface area contributed by atoms with Crippen LogP contribution in [0, 0.1) is 0 Å². The van der Waals surface area contributed by atoms with Gasteiger partial charge < -0.3 is 71.5 Å². The van der Waals surface area contributed by atoms with Gasteiger partial charge in [0.05, 0.1) is 159 Å². The number of Topliss-reactive ketones (excluding diaryl/α,β-unsaturated/α-hetero) is 1. The number of pyridine rings is 1. The van der Waals surface area contributed by atoms with Crippen molar-refractivity contribution in [3.8, 4) is 28.7 Å². The number of nitrogens with zero attached hydrogens (tertiary/aromatic N) is 6. The van der Waals surface area contributed by atoms with Gasteiger partial charge in [-0.25, -0.2) is 0 Å². The zero-order chi connectivity index (χ0) is 57.3. The highest BCUT2D eigenvalue weighted by Gasteiger charge is 2.36. The second-order valence-corrected chi connectivity index (χ2v) is 19.4. The van der Waals surface area contributed by atoms with Crippen LogP contribution in [0.4, 0.5) is 11.4 Å². The third kappa shape index (κ3) is 18.4. The van der Waals surface area contributed by atoms with Gasteiger partial charge in [-0.1, -0.05) is 23.3 Å². The molecule has 22 nitrogen and oxygen atoms in total. The van der Waals surface area contributed by atoms with Crippen LogP contribution in [0.15, 0.2) is 69.7 Å². The first-order chi connectivity index (χ1) is 39.5. The average Bonchev–Trinajstić information content (AvgIpc) is 4.27. The highest BCUT2D eigenvalue weighted by molar-refractivity contribution is 6.05. The summed E-state index contributed by atoms with van der Waals surface area (Å²) in [5, 5.41) is 0. The lowest BCUT2D eigenvalue weighted by atomic mass is 10.1. The number of carbonyl (C=O) groups is 4. The van der Waals surface area contributed by atoms with Crippen LogP contribution in [0.1, 0.15) is 78.6 Å². The summed E-state index contributed by atoms with van der Waals surface area (Å²) in [6, 6.07) is 9.91. The Hall–Kier alpha value is -6.79. The SMILES string of the molecule is C/C=C1\C[C@H]2C=Nc3cc(OCc4cc(OCCN(CCOCCOCCOCCC(C)=O)C(=O)CCOCCOCCOCCOC)cc(COc5cc6c(cc5OC)C(=O)N5C/C(=C/C)C[C@H]5C=N6)n4)c(OC)cc3C(=O)N2C1. The van der Waals surface area contributed by atoms with Crippen molar-refractivity contribution in [1.29, 1.82) is 0 Å². The second-order valence-electron chi connectivity index (χ2n) is 19.4. The molecule has 3 aromatic rings. The fourth-order valence-corrected chi connectivity index (χ4v) is 9.25. The Bertz CT molecular complexity index is 2580. The van der Waals surface area contributed by atoms with E-state index in [2.05, 4.69) is 0 Å². The molecule has 0 N–H and O–H groups in total. The summed E-state index contributed by atoms with van der Waals surface area (Å²) >= 11 is 0. The zero-order valence-corrected chi connectivity index (χ0v) is 47.6. The van der Waals surface area contributed by atoms with Gasteiger partial charge in [-0.15, -0.1) is 0 Å². The Balaban J connectivity index is 1.04. The molecule has 4 aliphatic rings. The molecule has 2 atom stereocenters. The Morgan fingerprint density at radius 3 is 1.46 bits per heavy atom. The standard InChI is InChI=1S/C59H78N6O16/c1-7-42-27-46-35-60-51-33-55(53(71-5)31-49(51)58(68)64(46)37-42)80-39-44-29-48(30-45(62-44)40-81-56-34-52-50(32-54(56)72-6)59(69)65-38-43(8-2)28-47(65)36-61-52)79-16-12-63(11-15-75-21-24-77-22-19-73-13-9-41(3)66)57(67)10-14-74-20-23-78-26-25-76-18-17-70-4/h7-8,29-36,46-47H,9-28,37-40H2,1-6H3/b42-7+,43-8+/t46-,47-/m0/s1. The van der Waals surface area contributed by atoms with E-state index < -0.39 is 0 Å². The van der Waals surface area contributed by atoms with Gasteiger partial charge in [0.1, 0.15) is 31.4 Å². The third-order valence-corrected chi connectivity index (χ3v) is 13.7. The first kappa shape index (κ1) is 61.8. The summed E-state index contributed by atoms with van der Waals surface area (Å²) in [6.07, 6.45) is 9.64. The molecule has 0 aliphatic carbocycles. The van der Waals surface area contributed by atoms with E-state index in [-0.39, 0.29) is 88.1 Å². The van der Waals surface area contributed by atoms with E-state index in [1.54, 1.807) is 48.4 Å². The molecule has 81 heavy (non-hydrogen) atoms. The van der Waals surface area contributed by atoms with Crippen molar-refractivity contribution in [3.05, 3.63) is 82.2 Å².